The molecule has 1 aliphatic heterocycles. The lowest BCUT2D eigenvalue weighted by molar-refractivity contribution is 0.168. The van der Waals surface area contributed by atoms with E-state index in [9.17, 15) is 0 Å². The molecule has 116 valence electrons. The molecule has 0 aromatic heterocycles. The van der Waals surface area contributed by atoms with Crippen molar-refractivity contribution < 1.29 is 4.74 Å². The van der Waals surface area contributed by atoms with E-state index in [-0.39, 0.29) is 0 Å². The van der Waals surface area contributed by atoms with Crippen LogP contribution in [0, 0.1) is 11.8 Å². The Morgan fingerprint density at radius 3 is 2.86 bits per heavy atom. The summed E-state index contributed by atoms with van der Waals surface area (Å²) in [6, 6.07) is 5.99. The minimum Gasteiger partial charge on any atom is -0.493 e. The van der Waals surface area contributed by atoms with Gasteiger partial charge in [0.05, 0.1) is 6.61 Å². The molecule has 1 saturated heterocycles. The number of piperidine rings is 1. The zero-order chi connectivity index (χ0) is 14.7. The van der Waals surface area contributed by atoms with E-state index in [1.807, 2.05) is 12.1 Å². The Hall–Kier alpha value is -0.770. The van der Waals surface area contributed by atoms with E-state index in [0.717, 1.165) is 49.5 Å². The van der Waals surface area contributed by atoms with Gasteiger partial charge in [-0.15, -0.1) is 0 Å². The summed E-state index contributed by atoms with van der Waals surface area (Å²) < 4.78 is 6.00. The summed E-state index contributed by atoms with van der Waals surface area (Å²) in [4.78, 5) is 2.48. The minimum absolute atomic E-state index is 0.633. The molecule has 1 atom stereocenters. The minimum atomic E-state index is 0.633. The normalized spacial score (nSPS) is 23.2. The topological polar surface area (TPSA) is 38.5 Å². The monoisotopic (exact) mass is 308 g/mol. The van der Waals surface area contributed by atoms with Crippen LogP contribution in [0.25, 0.3) is 0 Å². The van der Waals surface area contributed by atoms with Gasteiger partial charge in [-0.25, -0.2) is 0 Å². The number of halogens is 1. The van der Waals surface area contributed by atoms with Gasteiger partial charge < -0.3 is 10.5 Å². The van der Waals surface area contributed by atoms with E-state index in [1.54, 1.807) is 0 Å². The van der Waals surface area contributed by atoms with Crippen LogP contribution in [-0.4, -0.2) is 31.1 Å². The van der Waals surface area contributed by atoms with Crippen molar-refractivity contribution in [2.45, 2.75) is 32.2 Å². The van der Waals surface area contributed by atoms with Gasteiger partial charge in [0.2, 0.25) is 0 Å². The van der Waals surface area contributed by atoms with Crippen LogP contribution in [0.1, 0.15) is 31.2 Å². The third-order valence-electron chi connectivity index (χ3n) is 4.52. The third-order valence-corrected chi connectivity index (χ3v) is 4.76. The van der Waals surface area contributed by atoms with Gasteiger partial charge in [-0.3, -0.25) is 4.90 Å². The second-order valence-corrected chi connectivity index (χ2v) is 6.92. The Bertz CT molecular complexity index is 476. The lowest BCUT2D eigenvalue weighted by atomic mass is 9.98. The Morgan fingerprint density at radius 1 is 1.24 bits per heavy atom. The van der Waals surface area contributed by atoms with Crippen LogP contribution < -0.4 is 10.5 Å². The average Bonchev–Trinajstić information content (AvgIpc) is 3.31. The summed E-state index contributed by atoms with van der Waals surface area (Å²) in [5, 5.41) is 0.788. The van der Waals surface area contributed by atoms with Crippen molar-refractivity contribution in [2.75, 3.05) is 26.2 Å². The lowest BCUT2D eigenvalue weighted by Crippen LogP contribution is -2.37. The van der Waals surface area contributed by atoms with Crippen molar-refractivity contribution in [3.8, 4) is 5.75 Å². The molecule has 2 aliphatic rings. The summed E-state index contributed by atoms with van der Waals surface area (Å²) in [7, 11) is 0. The molecule has 0 spiro atoms. The van der Waals surface area contributed by atoms with E-state index in [2.05, 4.69) is 11.0 Å². The molecule has 1 heterocycles. The molecular formula is C17H25ClN2O. The second kappa shape index (κ2) is 6.99. The highest BCUT2D eigenvalue weighted by Crippen LogP contribution is 2.32. The van der Waals surface area contributed by atoms with Crippen LogP contribution in [0.4, 0.5) is 0 Å². The number of hydrogen-bond acceptors (Lipinski definition) is 3. The number of benzene rings is 1. The largest absolute Gasteiger partial charge is 0.493 e. The van der Waals surface area contributed by atoms with Crippen molar-refractivity contribution in [3.63, 3.8) is 0 Å². The van der Waals surface area contributed by atoms with Gasteiger partial charge in [0.25, 0.3) is 0 Å². The summed E-state index contributed by atoms with van der Waals surface area (Å²) in [5.41, 5.74) is 7.04. The molecule has 1 aromatic carbocycles. The van der Waals surface area contributed by atoms with Crippen LogP contribution in [0.3, 0.4) is 0 Å². The highest BCUT2D eigenvalue weighted by molar-refractivity contribution is 6.30. The average molecular weight is 309 g/mol. The molecule has 1 aromatic rings. The Kier molecular flexibility index (Phi) is 5.04. The number of likely N-dealkylation sites (tertiary alicyclic amines) is 1. The molecule has 4 heteroatoms. The molecule has 21 heavy (non-hydrogen) atoms. The number of hydrogen-bond donors (Lipinski definition) is 1. The molecular weight excluding hydrogens is 284 g/mol. The second-order valence-electron chi connectivity index (χ2n) is 6.49. The summed E-state index contributed by atoms with van der Waals surface area (Å²) >= 11 is 6.17. The SMILES string of the molecule is NCC1CCCN(Cc2cc(Cl)ccc2OCC2CC2)C1. The van der Waals surface area contributed by atoms with E-state index < -0.39 is 0 Å². The molecule has 2 N–H and O–H groups in total. The molecule has 3 nitrogen and oxygen atoms in total. The van der Waals surface area contributed by atoms with Crippen molar-refractivity contribution >= 4 is 11.6 Å². The standard InChI is InChI=1S/C17H25ClN2O/c18-16-5-6-17(21-12-13-3-4-13)15(8-16)11-20-7-1-2-14(9-19)10-20/h5-6,8,13-14H,1-4,7,9-12,19H2. The van der Waals surface area contributed by atoms with Gasteiger partial charge in [0, 0.05) is 23.7 Å². The van der Waals surface area contributed by atoms with Gasteiger partial charge in [0.15, 0.2) is 0 Å². The number of ether oxygens (including phenoxy) is 1. The van der Waals surface area contributed by atoms with Crippen molar-refractivity contribution in [1.82, 2.24) is 4.90 Å². The van der Waals surface area contributed by atoms with Gasteiger partial charge in [0.1, 0.15) is 5.75 Å². The summed E-state index contributed by atoms with van der Waals surface area (Å²) in [6.45, 7) is 4.78. The van der Waals surface area contributed by atoms with E-state index in [1.165, 1.54) is 31.2 Å². The third kappa shape index (κ3) is 4.35. The van der Waals surface area contributed by atoms with E-state index in [0.29, 0.717) is 5.92 Å². The van der Waals surface area contributed by atoms with E-state index in [4.69, 9.17) is 22.1 Å². The first-order valence-corrected chi connectivity index (χ1v) is 8.46. The predicted octanol–water partition coefficient (Wildman–Crippen LogP) is 3.30. The summed E-state index contributed by atoms with van der Waals surface area (Å²) in [6.07, 6.45) is 5.12. The van der Waals surface area contributed by atoms with Crippen molar-refractivity contribution in [1.29, 1.82) is 0 Å². The first-order valence-electron chi connectivity index (χ1n) is 8.08. The van der Waals surface area contributed by atoms with Crippen molar-refractivity contribution in [3.05, 3.63) is 28.8 Å². The Labute approximate surface area is 132 Å². The maximum absolute atomic E-state index is 6.17. The van der Waals surface area contributed by atoms with Crippen molar-refractivity contribution in [2.24, 2.45) is 17.6 Å². The van der Waals surface area contributed by atoms with Gasteiger partial charge >= 0.3 is 0 Å². The maximum Gasteiger partial charge on any atom is 0.123 e. The molecule has 0 bridgehead atoms. The Balaban J connectivity index is 1.65. The quantitative estimate of drug-likeness (QED) is 0.876. The fourth-order valence-electron chi connectivity index (χ4n) is 3.03. The fraction of sp³-hybridized carbons (Fsp3) is 0.647. The van der Waals surface area contributed by atoms with Crippen LogP contribution in [0.5, 0.6) is 5.75 Å². The molecule has 2 fully saturated rings. The van der Waals surface area contributed by atoms with Gasteiger partial charge in [-0.2, -0.15) is 0 Å². The highest BCUT2D eigenvalue weighted by atomic mass is 35.5. The van der Waals surface area contributed by atoms with Crippen LogP contribution in [0.2, 0.25) is 5.02 Å². The fourth-order valence-corrected chi connectivity index (χ4v) is 3.23. The number of rotatable bonds is 6. The number of nitrogens with two attached hydrogens (primary N) is 1. The summed E-state index contributed by atoms with van der Waals surface area (Å²) in [5.74, 6) is 2.40. The first kappa shape index (κ1) is 15.1. The molecule has 0 amide bonds. The zero-order valence-electron chi connectivity index (χ0n) is 12.6. The maximum atomic E-state index is 6.17. The molecule has 3 rings (SSSR count). The van der Waals surface area contributed by atoms with Gasteiger partial charge in [-0.05, 0) is 68.8 Å². The van der Waals surface area contributed by atoms with Crippen LogP contribution >= 0.6 is 11.6 Å². The Morgan fingerprint density at radius 2 is 2.10 bits per heavy atom. The zero-order valence-corrected chi connectivity index (χ0v) is 13.3. The molecule has 0 radical (unpaired) electrons. The van der Waals surface area contributed by atoms with Crippen LogP contribution in [0.15, 0.2) is 18.2 Å². The molecule has 1 saturated carbocycles. The van der Waals surface area contributed by atoms with Crippen LogP contribution in [-0.2, 0) is 6.54 Å². The van der Waals surface area contributed by atoms with Gasteiger partial charge in [-0.1, -0.05) is 11.6 Å². The highest BCUT2D eigenvalue weighted by Gasteiger charge is 2.23. The molecule has 1 aliphatic carbocycles. The first-order chi connectivity index (χ1) is 10.2. The van der Waals surface area contributed by atoms with E-state index >= 15 is 0 Å². The lowest BCUT2D eigenvalue weighted by Gasteiger charge is -2.32. The number of nitrogens with zero attached hydrogens (tertiary/aromatic N) is 1. The molecule has 1 unspecified atom stereocenters. The predicted molar refractivity (Wildman–Crippen MR) is 86.7 cm³/mol. The smallest absolute Gasteiger partial charge is 0.123 e.